The van der Waals surface area contributed by atoms with E-state index in [1.54, 1.807) is 0 Å². The lowest BCUT2D eigenvalue weighted by Gasteiger charge is -2.03. The van der Waals surface area contributed by atoms with Crippen molar-refractivity contribution in [2.24, 2.45) is 11.5 Å². The third kappa shape index (κ3) is 9.80. The van der Waals surface area contributed by atoms with Gasteiger partial charge in [0.25, 0.3) is 0 Å². The van der Waals surface area contributed by atoms with Crippen LogP contribution in [0, 0.1) is 0 Å². The molecule has 0 amide bonds. The lowest BCUT2D eigenvalue weighted by Crippen LogP contribution is -2.14. The molecule has 4 N–H and O–H groups in total. The van der Waals surface area contributed by atoms with Crippen molar-refractivity contribution in [3.63, 3.8) is 0 Å². The summed E-state index contributed by atoms with van der Waals surface area (Å²) in [6.45, 7) is 2.62. The minimum absolute atomic E-state index is 0.239. The molecule has 0 saturated heterocycles. The van der Waals surface area contributed by atoms with Crippen LogP contribution in [0.25, 0.3) is 0 Å². The Kier molecular flexibility index (Phi) is 9.62. The predicted molar refractivity (Wildman–Crippen MR) is 40.8 cm³/mol. The summed E-state index contributed by atoms with van der Waals surface area (Å²) in [4.78, 5) is 0. The van der Waals surface area contributed by atoms with Gasteiger partial charge >= 0.3 is 0 Å². The highest BCUT2D eigenvalue weighted by Gasteiger charge is 1.87. The van der Waals surface area contributed by atoms with E-state index >= 15 is 0 Å². The molecule has 5 nitrogen and oxygen atoms in total. The summed E-state index contributed by atoms with van der Waals surface area (Å²) in [5.74, 6) is 0. The summed E-state index contributed by atoms with van der Waals surface area (Å²) in [6, 6.07) is 0. The largest absolute Gasteiger partial charge is 0.377 e. The average Bonchev–Trinajstić information content (AvgIpc) is 2.03. The first-order valence-electron chi connectivity index (χ1n) is 3.55. The molecule has 0 heterocycles. The van der Waals surface area contributed by atoms with E-state index in [4.69, 9.17) is 25.7 Å². The number of nitrogens with two attached hydrogens (primary N) is 2. The second kappa shape index (κ2) is 9.80. The number of hydrogen-bond acceptors (Lipinski definition) is 5. The Morgan fingerprint density at radius 3 is 1.36 bits per heavy atom. The zero-order valence-corrected chi connectivity index (χ0v) is 6.62. The van der Waals surface area contributed by atoms with Gasteiger partial charge in [0, 0.05) is 0 Å². The highest BCUT2D eigenvalue weighted by molar-refractivity contribution is 4.30. The Bertz CT molecular complexity index is 64.8. The molecule has 0 aliphatic rings. The maximum Gasteiger partial charge on any atom is 0.0941 e. The topological polar surface area (TPSA) is 79.7 Å². The zero-order valence-electron chi connectivity index (χ0n) is 6.62. The fraction of sp³-hybridized carbons (Fsp3) is 1.00. The molecule has 0 rings (SSSR count). The van der Waals surface area contributed by atoms with Gasteiger partial charge in [0.05, 0.1) is 39.9 Å². The third-order valence-corrected chi connectivity index (χ3v) is 0.980. The van der Waals surface area contributed by atoms with Crippen molar-refractivity contribution < 1.29 is 14.2 Å². The molecule has 0 aromatic rings. The first-order valence-corrected chi connectivity index (χ1v) is 3.55. The Morgan fingerprint density at radius 1 is 0.636 bits per heavy atom. The van der Waals surface area contributed by atoms with E-state index in [0.29, 0.717) is 26.4 Å². The average molecular weight is 164 g/mol. The smallest absolute Gasteiger partial charge is 0.0941 e. The van der Waals surface area contributed by atoms with Gasteiger partial charge < -0.3 is 25.7 Å². The third-order valence-electron chi connectivity index (χ3n) is 0.980. The van der Waals surface area contributed by atoms with Crippen molar-refractivity contribution >= 4 is 0 Å². The lowest BCUT2D eigenvalue weighted by molar-refractivity contribution is 0.0169. The molecule has 0 saturated carbocycles. The molecule has 0 atom stereocenters. The summed E-state index contributed by atoms with van der Waals surface area (Å²) in [5.41, 5.74) is 10.1. The summed E-state index contributed by atoms with van der Waals surface area (Å²) in [5, 5.41) is 0. The SMILES string of the molecule is NCOCCOCCOCN. The monoisotopic (exact) mass is 164 g/mol. The second-order valence-corrected chi connectivity index (χ2v) is 1.76. The van der Waals surface area contributed by atoms with Crippen LogP contribution in [-0.4, -0.2) is 39.9 Å². The van der Waals surface area contributed by atoms with Gasteiger partial charge in [-0.05, 0) is 0 Å². The molecule has 5 heteroatoms. The van der Waals surface area contributed by atoms with Crippen LogP contribution in [0.15, 0.2) is 0 Å². The molecule has 0 aliphatic carbocycles. The van der Waals surface area contributed by atoms with Gasteiger partial charge in [0.1, 0.15) is 0 Å². The van der Waals surface area contributed by atoms with Crippen LogP contribution in [0.1, 0.15) is 0 Å². The van der Waals surface area contributed by atoms with Crippen LogP contribution in [0.4, 0.5) is 0 Å². The first kappa shape index (κ1) is 10.8. The fourth-order valence-electron chi connectivity index (χ4n) is 0.504. The molecule has 11 heavy (non-hydrogen) atoms. The summed E-state index contributed by atoms with van der Waals surface area (Å²) < 4.78 is 14.7. The molecule has 0 aromatic carbocycles. The highest BCUT2D eigenvalue weighted by atomic mass is 16.5. The molecule has 0 spiro atoms. The normalized spacial score (nSPS) is 10.4. The Balaban J connectivity index is 2.69. The standard InChI is InChI=1S/C6H16N2O3/c7-5-10-3-1-9-2-4-11-6-8/h1-8H2. The summed E-state index contributed by atoms with van der Waals surface area (Å²) >= 11 is 0. The molecule has 0 radical (unpaired) electrons. The van der Waals surface area contributed by atoms with E-state index in [9.17, 15) is 0 Å². The molecule has 68 valence electrons. The van der Waals surface area contributed by atoms with Crippen LogP contribution < -0.4 is 11.5 Å². The maximum atomic E-state index is 5.08. The van der Waals surface area contributed by atoms with E-state index in [2.05, 4.69) is 0 Å². The lowest BCUT2D eigenvalue weighted by atomic mass is 10.7. The van der Waals surface area contributed by atoms with E-state index in [1.807, 2.05) is 0 Å². The van der Waals surface area contributed by atoms with E-state index in [1.165, 1.54) is 0 Å². The van der Waals surface area contributed by atoms with Gasteiger partial charge in [-0.3, -0.25) is 0 Å². The first-order chi connectivity index (χ1) is 5.41. The van der Waals surface area contributed by atoms with Crippen LogP contribution in [0.5, 0.6) is 0 Å². The van der Waals surface area contributed by atoms with Crippen molar-refractivity contribution in [2.75, 3.05) is 39.9 Å². The predicted octanol–water partition coefficient (Wildman–Crippen LogP) is -1.13. The van der Waals surface area contributed by atoms with Crippen molar-refractivity contribution in [3.8, 4) is 0 Å². The van der Waals surface area contributed by atoms with Crippen LogP contribution >= 0.6 is 0 Å². The minimum atomic E-state index is 0.239. The fourth-order valence-corrected chi connectivity index (χ4v) is 0.504. The zero-order chi connectivity index (χ0) is 8.36. The quantitative estimate of drug-likeness (QED) is 0.350. The van der Waals surface area contributed by atoms with Gasteiger partial charge in [-0.25, -0.2) is 0 Å². The highest BCUT2D eigenvalue weighted by Crippen LogP contribution is 1.77. The molecule has 0 fully saturated rings. The van der Waals surface area contributed by atoms with Crippen molar-refractivity contribution in [2.45, 2.75) is 0 Å². The summed E-state index contributed by atoms with van der Waals surface area (Å²) in [7, 11) is 0. The minimum Gasteiger partial charge on any atom is -0.377 e. The number of rotatable bonds is 8. The van der Waals surface area contributed by atoms with Gasteiger partial charge in [-0.1, -0.05) is 0 Å². The molecular formula is C6H16N2O3. The maximum absolute atomic E-state index is 5.08. The second-order valence-electron chi connectivity index (χ2n) is 1.76. The Hall–Kier alpha value is -0.200. The molecule has 0 aromatic heterocycles. The number of hydrogen-bond donors (Lipinski definition) is 2. The van der Waals surface area contributed by atoms with Gasteiger partial charge in [-0.2, -0.15) is 0 Å². The van der Waals surface area contributed by atoms with Crippen molar-refractivity contribution in [1.82, 2.24) is 0 Å². The Labute approximate surface area is 66.6 Å². The van der Waals surface area contributed by atoms with Crippen molar-refractivity contribution in [1.29, 1.82) is 0 Å². The Morgan fingerprint density at radius 2 is 1.00 bits per heavy atom. The molecule has 0 aliphatic heterocycles. The van der Waals surface area contributed by atoms with Crippen LogP contribution in [0.3, 0.4) is 0 Å². The van der Waals surface area contributed by atoms with E-state index in [0.717, 1.165) is 0 Å². The number of ether oxygens (including phenoxy) is 3. The van der Waals surface area contributed by atoms with Crippen molar-refractivity contribution in [3.05, 3.63) is 0 Å². The van der Waals surface area contributed by atoms with Crippen LogP contribution in [0.2, 0.25) is 0 Å². The summed E-state index contributed by atoms with van der Waals surface area (Å²) in [6.07, 6.45) is 0. The van der Waals surface area contributed by atoms with Crippen LogP contribution in [-0.2, 0) is 14.2 Å². The van der Waals surface area contributed by atoms with E-state index < -0.39 is 0 Å². The van der Waals surface area contributed by atoms with Gasteiger partial charge in [0.2, 0.25) is 0 Å². The molecule has 0 unspecified atom stereocenters. The van der Waals surface area contributed by atoms with E-state index in [-0.39, 0.29) is 13.5 Å². The van der Waals surface area contributed by atoms with Gasteiger partial charge in [-0.15, -0.1) is 0 Å². The van der Waals surface area contributed by atoms with Gasteiger partial charge in [0.15, 0.2) is 0 Å². The molecular weight excluding hydrogens is 148 g/mol. The molecule has 0 bridgehead atoms.